The van der Waals surface area contributed by atoms with Gasteiger partial charge >= 0.3 is 0 Å². The van der Waals surface area contributed by atoms with Crippen LogP contribution in [0.1, 0.15) is 11.1 Å². The molecule has 0 fully saturated rings. The number of benzene rings is 2. The van der Waals surface area contributed by atoms with Gasteiger partial charge in [0, 0.05) is 17.7 Å². The van der Waals surface area contributed by atoms with Gasteiger partial charge in [-0.1, -0.05) is 30.3 Å². The summed E-state index contributed by atoms with van der Waals surface area (Å²) in [6.07, 6.45) is 1.85. The third-order valence-electron chi connectivity index (χ3n) is 2.68. The summed E-state index contributed by atoms with van der Waals surface area (Å²) in [6, 6.07) is 16.0. The van der Waals surface area contributed by atoms with Gasteiger partial charge in [-0.05, 0) is 23.8 Å². The Labute approximate surface area is 111 Å². The van der Waals surface area contributed by atoms with E-state index in [9.17, 15) is 10.1 Å². The zero-order chi connectivity index (χ0) is 13.7. The van der Waals surface area contributed by atoms with E-state index < -0.39 is 4.92 Å². The molecule has 0 saturated heterocycles. The monoisotopic (exact) mass is 255 g/mol. The van der Waals surface area contributed by atoms with E-state index in [0.29, 0.717) is 0 Å². The van der Waals surface area contributed by atoms with Gasteiger partial charge in [-0.15, -0.1) is 0 Å². The van der Waals surface area contributed by atoms with Gasteiger partial charge in [0.2, 0.25) is 0 Å². The van der Waals surface area contributed by atoms with E-state index in [1.54, 1.807) is 19.2 Å². The summed E-state index contributed by atoms with van der Waals surface area (Å²) in [6.45, 7) is 0. The molecule has 19 heavy (non-hydrogen) atoms. The standard InChI is InChI=1S/C15H13NO3/c1-19-15(13-5-3-2-4-6-13)11-12-7-9-14(10-8-12)16(17)18/h2-11H,1H3/b15-11+. The van der Waals surface area contributed by atoms with Crippen molar-refractivity contribution in [1.82, 2.24) is 0 Å². The van der Waals surface area contributed by atoms with Crippen molar-refractivity contribution in [3.63, 3.8) is 0 Å². The molecule has 0 heterocycles. The predicted octanol–water partition coefficient (Wildman–Crippen LogP) is 3.74. The van der Waals surface area contributed by atoms with Crippen LogP contribution in [0.3, 0.4) is 0 Å². The molecule has 0 N–H and O–H groups in total. The first-order valence-corrected chi connectivity index (χ1v) is 5.76. The zero-order valence-corrected chi connectivity index (χ0v) is 10.4. The van der Waals surface area contributed by atoms with E-state index in [1.165, 1.54) is 12.1 Å². The summed E-state index contributed by atoms with van der Waals surface area (Å²) >= 11 is 0. The van der Waals surface area contributed by atoms with Crippen molar-refractivity contribution in [2.24, 2.45) is 0 Å². The number of ether oxygens (including phenoxy) is 1. The molecular weight excluding hydrogens is 242 g/mol. The molecule has 0 unspecified atom stereocenters. The van der Waals surface area contributed by atoms with E-state index in [2.05, 4.69) is 0 Å². The summed E-state index contributed by atoms with van der Waals surface area (Å²) in [5.41, 5.74) is 1.89. The maximum atomic E-state index is 10.6. The van der Waals surface area contributed by atoms with Gasteiger partial charge in [-0.2, -0.15) is 0 Å². The number of nitro benzene ring substituents is 1. The average Bonchev–Trinajstić information content (AvgIpc) is 2.46. The predicted molar refractivity (Wildman–Crippen MR) is 74.4 cm³/mol. The van der Waals surface area contributed by atoms with Crippen LogP contribution >= 0.6 is 0 Å². The van der Waals surface area contributed by atoms with Crippen LogP contribution in [0.25, 0.3) is 11.8 Å². The minimum absolute atomic E-state index is 0.0795. The van der Waals surface area contributed by atoms with E-state index >= 15 is 0 Å². The van der Waals surface area contributed by atoms with Crippen LogP contribution in [0, 0.1) is 10.1 Å². The molecule has 2 aromatic rings. The van der Waals surface area contributed by atoms with Crippen molar-refractivity contribution in [2.75, 3.05) is 7.11 Å². The normalized spacial score (nSPS) is 11.1. The second-order valence-corrected chi connectivity index (χ2v) is 3.93. The van der Waals surface area contributed by atoms with Crippen molar-refractivity contribution in [3.05, 3.63) is 75.8 Å². The summed E-state index contributed by atoms with van der Waals surface area (Å²) in [5.74, 6) is 0.717. The molecule has 4 heteroatoms. The molecule has 0 aliphatic carbocycles. The lowest BCUT2D eigenvalue weighted by Crippen LogP contribution is -1.89. The van der Waals surface area contributed by atoms with Crippen LogP contribution in [-0.4, -0.2) is 12.0 Å². The Morgan fingerprint density at radius 2 is 1.74 bits per heavy atom. The fourth-order valence-corrected chi connectivity index (χ4v) is 1.71. The Morgan fingerprint density at radius 1 is 1.11 bits per heavy atom. The minimum Gasteiger partial charge on any atom is -0.496 e. The van der Waals surface area contributed by atoms with Gasteiger partial charge < -0.3 is 4.74 Å². The van der Waals surface area contributed by atoms with Crippen LogP contribution < -0.4 is 0 Å². The number of nitrogens with zero attached hydrogens (tertiary/aromatic N) is 1. The van der Waals surface area contributed by atoms with Crippen molar-refractivity contribution in [1.29, 1.82) is 0 Å². The molecule has 0 aromatic heterocycles. The summed E-state index contributed by atoms with van der Waals surface area (Å²) in [5, 5.41) is 10.6. The number of hydrogen-bond donors (Lipinski definition) is 0. The molecule has 2 rings (SSSR count). The van der Waals surface area contributed by atoms with E-state index in [1.807, 2.05) is 36.4 Å². The summed E-state index contributed by atoms with van der Waals surface area (Å²) in [4.78, 5) is 10.2. The van der Waals surface area contributed by atoms with Gasteiger partial charge in [-0.25, -0.2) is 0 Å². The third-order valence-corrected chi connectivity index (χ3v) is 2.68. The molecule has 2 aromatic carbocycles. The molecule has 4 nitrogen and oxygen atoms in total. The molecule has 0 radical (unpaired) electrons. The average molecular weight is 255 g/mol. The first-order chi connectivity index (χ1) is 9.20. The van der Waals surface area contributed by atoms with Gasteiger partial charge in [0.15, 0.2) is 0 Å². The summed E-state index contributed by atoms with van der Waals surface area (Å²) < 4.78 is 5.35. The first kappa shape index (κ1) is 12.8. The van der Waals surface area contributed by atoms with E-state index in [-0.39, 0.29) is 5.69 Å². The van der Waals surface area contributed by atoms with Crippen LogP contribution in [0.5, 0.6) is 0 Å². The molecule has 0 aliphatic heterocycles. The van der Waals surface area contributed by atoms with Crippen molar-refractivity contribution in [3.8, 4) is 0 Å². The Bertz CT molecular complexity index is 589. The quantitative estimate of drug-likeness (QED) is 0.362. The van der Waals surface area contributed by atoms with Gasteiger partial charge in [0.25, 0.3) is 5.69 Å². The molecule has 0 spiro atoms. The zero-order valence-electron chi connectivity index (χ0n) is 10.4. The van der Waals surface area contributed by atoms with E-state index in [4.69, 9.17) is 4.74 Å². The summed E-state index contributed by atoms with van der Waals surface area (Å²) in [7, 11) is 1.60. The Balaban J connectivity index is 2.30. The fourth-order valence-electron chi connectivity index (χ4n) is 1.71. The molecule has 96 valence electrons. The highest BCUT2D eigenvalue weighted by Crippen LogP contribution is 2.20. The third kappa shape index (κ3) is 3.19. The van der Waals surface area contributed by atoms with E-state index in [0.717, 1.165) is 16.9 Å². The van der Waals surface area contributed by atoms with Crippen LogP contribution in [-0.2, 0) is 4.74 Å². The van der Waals surface area contributed by atoms with Crippen molar-refractivity contribution in [2.45, 2.75) is 0 Å². The number of hydrogen-bond acceptors (Lipinski definition) is 3. The lowest BCUT2D eigenvalue weighted by Gasteiger charge is -2.06. The van der Waals surface area contributed by atoms with Crippen LogP contribution in [0.2, 0.25) is 0 Å². The van der Waals surface area contributed by atoms with Gasteiger partial charge in [0.1, 0.15) is 5.76 Å². The fraction of sp³-hybridized carbons (Fsp3) is 0.0667. The minimum atomic E-state index is -0.415. The Morgan fingerprint density at radius 3 is 2.26 bits per heavy atom. The lowest BCUT2D eigenvalue weighted by atomic mass is 10.1. The molecule has 0 atom stereocenters. The highest BCUT2D eigenvalue weighted by atomic mass is 16.6. The topological polar surface area (TPSA) is 52.4 Å². The van der Waals surface area contributed by atoms with Gasteiger partial charge in [0.05, 0.1) is 12.0 Å². The number of non-ortho nitro benzene ring substituents is 1. The maximum Gasteiger partial charge on any atom is 0.269 e. The van der Waals surface area contributed by atoms with Crippen LogP contribution in [0.15, 0.2) is 54.6 Å². The molecule has 0 bridgehead atoms. The number of methoxy groups -OCH3 is 1. The first-order valence-electron chi connectivity index (χ1n) is 5.76. The maximum absolute atomic E-state index is 10.6. The van der Waals surface area contributed by atoms with Gasteiger partial charge in [-0.3, -0.25) is 10.1 Å². The second kappa shape index (κ2) is 5.82. The second-order valence-electron chi connectivity index (χ2n) is 3.93. The largest absolute Gasteiger partial charge is 0.496 e. The molecule has 0 saturated carbocycles. The van der Waals surface area contributed by atoms with Crippen LogP contribution in [0.4, 0.5) is 5.69 Å². The molecule has 0 amide bonds. The highest BCUT2D eigenvalue weighted by Gasteiger charge is 2.04. The number of nitro groups is 1. The van der Waals surface area contributed by atoms with Crippen molar-refractivity contribution < 1.29 is 9.66 Å². The number of rotatable bonds is 4. The highest BCUT2D eigenvalue weighted by molar-refractivity contribution is 5.77. The molecule has 0 aliphatic rings. The molecular formula is C15H13NO3. The SMILES string of the molecule is CO/C(=C/c1ccc([N+](=O)[O-])cc1)c1ccccc1. The Hall–Kier alpha value is -2.62. The lowest BCUT2D eigenvalue weighted by molar-refractivity contribution is -0.384. The Kier molecular flexibility index (Phi) is 3.93. The smallest absolute Gasteiger partial charge is 0.269 e. The van der Waals surface area contributed by atoms with Crippen molar-refractivity contribution >= 4 is 17.5 Å².